The van der Waals surface area contributed by atoms with Crippen LogP contribution in [0.1, 0.15) is 11.4 Å². The van der Waals surface area contributed by atoms with Crippen LogP contribution in [0, 0.1) is 13.8 Å². The van der Waals surface area contributed by atoms with E-state index in [0.717, 1.165) is 33.9 Å². The van der Waals surface area contributed by atoms with E-state index in [0.29, 0.717) is 0 Å². The number of imidazole rings is 1. The maximum atomic E-state index is 5.79. The number of aromatic nitrogens is 3. The minimum Gasteiger partial charge on any atom is -0.399 e. The second-order valence-corrected chi connectivity index (χ2v) is 4.03. The Hall–Kier alpha value is -2.10. The zero-order valence-electron chi connectivity index (χ0n) is 9.23. The number of nitrogen functional groups attached to an aromatic ring is 1. The minimum atomic E-state index is 0.734. The van der Waals surface area contributed by atoms with Gasteiger partial charge in [-0.3, -0.25) is 4.40 Å². The van der Waals surface area contributed by atoms with Crippen molar-refractivity contribution in [3.63, 3.8) is 0 Å². The summed E-state index contributed by atoms with van der Waals surface area (Å²) in [7, 11) is 0. The zero-order valence-corrected chi connectivity index (χ0v) is 9.23. The fourth-order valence-electron chi connectivity index (χ4n) is 2.06. The molecule has 0 unspecified atom stereocenters. The van der Waals surface area contributed by atoms with E-state index in [1.807, 2.05) is 42.5 Å². The summed E-state index contributed by atoms with van der Waals surface area (Å²) in [5, 5.41) is 0. The van der Waals surface area contributed by atoms with E-state index in [1.54, 1.807) is 0 Å². The third-order valence-corrected chi connectivity index (χ3v) is 2.71. The molecular weight excluding hydrogens is 200 g/mol. The van der Waals surface area contributed by atoms with Crippen molar-refractivity contribution in [2.24, 2.45) is 0 Å². The summed E-state index contributed by atoms with van der Waals surface area (Å²) in [5.74, 6) is 0.734. The number of nitrogens with zero attached hydrogens (tertiary/aromatic N) is 3. The van der Waals surface area contributed by atoms with Gasteiger partial charge in [0.25, 0.3) is 0 Å². The molecule has 4 heteroatoms. The molecule has 1 aromatic carbocycles. The van der Waals surface area contributed by atoms with Crippen molar-refractivity contribution in [2.45, 2.75) is 13.8 Å². The van der Waals surface area contributed by atoms with Crippen LogP contribution in [0.3, 0.4) is 0 Å². The highest BCUT2D eigenvalue weighted by Gasteiger charge is 2.08. The molecule has 0 bridgehead atoms. The lowest BCUT2D eigenvalue weighted by Gasteiger charge is -2.02. The Labute approximate surface area is 92.7 Å². The Morgan fingerprint density at radius 2 is 1.94 bits per heavy atom. The standard InChI is InChI=1S/C12H12N4/c1-7-5-8(2)16-11-6-9(13)3-4-10(11)15-12(16)14-7/h3-6H,13H2,1-2H3. The first-order valence-electron chi connectivity index (χ1n) is 5.17. The lowest BCUT2D eigenvalue weighted by atomic mass is 10.3. The summed E-state index contributed by atoms with van der Waals surface area (Å²) in [5.41, 5.74) is 10.6. The van der Waals surface area contributed by atoms with E-state index in [2.05, 4.69) is 9.97 Å². The molecule has 0 amide bonds. The highest BCUT2D eigenvalue weighted by Crippen LogP contribution is 2.20. The fraction of sp³-hybridized carbons (Fsp3) is 0.167. The van der Waals surface area contributed by atoms with Crippen LogP contribution < -0.4 is 5.73 Å². The van der Waals surface area contributed by atoms with Crippen LogP contribution >= 0.6 is 0 Å². The van der Waals surface area contributed by atoms with Gasteiger partial charge in [-0.05, 0) is 38.1 Å². The summed E-state index contributed by atoms with van der Waals surface area (Å²) in [4.78, 5) is 8.89. The minimum absolute atomic E-state index is 0.734. The lowest BCUT2D eigenvalue weighted by molar-refractivity contribution is 1.03. The molecule has 0 aliphatic rings. The number of hydrogen-bond donors (Lipinski definition) is 1. The van der Waals surface area contributed by atoms with E-state index in [9.17, 15) is 0 Å². The molecule has 0 aliphatic heterocycles. The van der Waals surface area contributed by atoms with Crippen LogP contribution in [0.4, 0.5) is 5.69 Å². The van der Waals surface area contributed by atoms with Crippen LogP contribution in [-0.2, 0) is 0 Å². The molecule has 16 heavy (non-hydrogen) atoms. The Balaban J connectivity index is 2.57. The molecule has 0 saturated heterocycles. The van der Waals surface area contributed by atoms with Crippen LogP contribution in [0.15, 0.2) is 24.3 Å². The van der Waals surface area contributed by atoms with E-state index in [-0.39, 0.29) is 0 Å². The molecule has 2 heterocycles. The van der Waals surface area contributed by atoms with Gasteiger partial charge in [-0.15, -0.1) is 0 Å². The van der Waals surface area contributed by atoms with Crippen molar-refractivity contribution in [1.29, 1.82) is 0 Å². The van der Waals surface area contributed by atoms with Crippen molar-refractivity contribution in [3.05, 3.63) is 35.7 Å². The van der Waals surface area contributed by atoms with E-state index >= 15 is 0 Å². The molecule has 3 rings (SSSR count). The zero-order chi connectivity index (χ0) is 11.3. The van der Waals surface area contributed by atoms with Gasteiger partial charge in [0.05, 0.1) is 11.0 Å². The number of benzene rings is 1. The molecular formula is C12H12N4. The summed E-state index contributed by atoms with van der Waals surface area (Å²) < 4.78 is 2.03. The smallest absolute Gasteiger partial charge is 0.235 e. The molecule has 0 atom stereocenters. The molecule has 3 aromatic rings. The van der Waals surface area contributed by atoms with Crippen molar-refractivity contribution in [1.82, 2.24) is 14.4 Å². The average Bonchev–Trinajstić information content (AvgIpc) is 2.54. The predicted octanol–water partition coefficient (Wildman–Crippen LogP) is 2.08. The third kappa shape index (κ3) is 1.16. The monoisotopic (exact) mass is 212 g/mol. The Morgan fingerprint density at radius 3 is 2.75 bits per heavy atom. The Bertz CT molecular complexity index is 697. The first-order valence-corrected chi connectivity index (χ1v) is 5.17. The number of aryl methyl sites for hydroxylation is 2. The quantitative estimate of drug-likeness (QED) is 0.580. The Morgan fingerprint density at radius 1 is 1.12 bits per heavy atom. The van der Waals surface area contributed by atoms with Gasteiger partial charge in [-0.1, -0.05) is 0 Å². The Kier molecular flexibility index (Phi) is 1.68. The fourth-order valence-corrected chi connectivity index (χ4v) is 2.06. The SMILES string of the molecule is Cc1cc(C)n2c(n1)nc1ccc(N)cc12. The van der Waals surface area contributed by atoms with Gasteiger partial charge >= 0.3 is 0 Å². The van der Waals surface area contributed by atoms with E-state index < -0.39 is 0 Å². The molecule has 0 fully saturated rings. The molecule has 0 aliphatic carbocycles. The van der Waals surface area contributed by atoms with Gasteiger partial charge in [0.15, 0.2) is 0 Å². The van der Waals surface area contributed by atoms with Gasteiger partial charge in [-0.2, -0.15) is 0 Å². The topological polar surface area (TPSA) is 56.2 Å². The number of anilines is 1. The first kappa shape index (κ1) is 9.15. The van der Waals surface area contributed by atoms with E-state index in [1.165, 1.54) is 0 Å². The van der Waals surface area contributed by atoms with Crippen LogP contribution in [0.25, 0.3) is 16.8 Å². The van der Waals surface area contributed by atoms with Crippen molar-refractivity contribution < 1.29 is 0 Å². The van der Waals surface area contributed by atoms with Crippen molar-refractivity contribution in [2.75, 3.05) is 5.73 Å². The molecule has 2 N–H and O–H groups in total. The summed E-state index contributed by atoms with van der Waals surface area (Å²) >= 11 is 0. The summed E-state index contributed by atoms with van der Waals surface area (Å²) in [6, 6.07) is 7.75. The number of rotatable bonds is 0. The van der Waals surface area contributed by atoms with Crippen LogP contribution in [-0.4, -0.2) is 14.4 Å². The lowest BCUT2D eigenvalue weighted by Crippen LogP contribution is -1.96. The maximum absolute atomic E-state index is 5.79. The summed E-state index contributed by atoms with van der Waals surface area (Å²) in [6.45, 7) is 4.02. The third-order valence-electron chi connectivity index (χ3n) is 2.71. The molecule has 80 valence electrons. The van der Waals surface area contributed by atoms with Gasteiger partial charge < -0.3 is 5.73 Å². The molecule has 0 spiro atoms. The summed E-state index contributed by atoms with van der Waals surface area (Å²) in [6.07, 6.45) is 0. The van der Waals surface area contributed by atoms with Crippen molar-refractivity contribution >= 4 is 22.5 Å². The second-order valence-electron chi connectivity index (χ2n) is 4.03. The number of hydrogen-bond acceptors (Lipinski definition) is 3. The number of fused-ring (bicyclic) bond motifs is 3. The second kappa shape index (κ2) is 2.95. The number of nitrogens with two attached hydrogens (primary N) is 1. The first-order chi connectivity index (χ1) is 7.65. The molecule has 0 saturated carbocycles. The largest absolute Gasteiger partial charge is 0.399 e. The van der Waals surface area contributed by atoms with Crippen LogP contribution in [0.5, 0.6) is 0 Å². The molecule has 2 aromatic heterocycles. The maximum Gasteiger partial charge on any atom is 0.235 e. The highest BCUT2D eigenvalue weighted by molar-refractivity contribution is 5.82. The van der Waals surface area contributed by atoms with Gasteiger partial charge in [0.2, 0.25) is 5.78 Å². The molecule has 4 nitrogen and oxygen atoms in total. The average molecular weight is 212 g/mol. The predicted molar refractivity (Wildman–Crippen MR) is 64.4 cm³/mol. The van der Waals surface area contributed by atoms with Crippen molar-refractivity contribution in [3.8, 4) is 0 Å². The normalized spacial score (nSPS) is 11.4. The van der Waals surface area contributed by atoms with Gasteiger partial charge in [-0.25, -0.2) is 9.97 Å². The van der Waals surface area contributed by atoms with E-state index in [4.69, 9.17) is 5.73 Å². The van der Waals surface area contributed by atoms with Gasteiger partial charge in [0.1, 0.15) is 0 Å². The molecule has 0 radical (unpaired) electrons. The van der Waals surface area contributed by atoms with Crippen LogP contribution in [0.2, 0.25) is 0 Å². The highest BCUT2D eigenvalue weighted by atomic mass is 15.1. The van der Waals surface area contributed by atoms with Gasteiger partial charge in [0, 0.05) is 17.1 Å².